The molecular formula is C15H20N4OS. The molecule has 2 aromatic heterocycles. The van der Waals surface area contributed by atoms with Crippen LogP contribution in [0.5, 0.6) is 5.88 Å². The van der Waals surface area contributed by atoms with Crippen LogP contribution in [-0.4, -0.2) is 28.6 Å². The third-order valence-corrected chi connectivity index (χ3v) is 4.55. The van der Waals surface area contributed by atoms with Crippen molar-refractivity contribution in [2.75, 3.05) is 18.6 Å². The zero-order chi connectivity index (χ0) is 14.5. The van der Waals surface area contributed by atoms with Crippen molar-refractivity contribution in [3.8, 4) is 5.88 Å². The highest BCUT2D eigenvalue weighted by molar-refractivity contribution is 7.09. The first-order valence-corrected chi connectivity index (χ1v) is 8.23. The van der Waals surface area contributed by atoms with Crippen molar-refractivity contribution >= 4 is 17.2 Å². The van der Waals surface area contributed by atoms with E-state index in [4.69, 9.17) is 4.74 Å². The molecule has 21 heavy (non-hydrogen) atoms. The van der Waals surface area contributed by atoms with E-state index in [0.29, 0.717) is 11.8 Å². The Morgan fingerprint density at radius 1 is 1.33 bits per heavy atom. The van der Waals surface area contributed by atoms with Gasteiger partial charge in [-0.2, -0.15) is 4.98 Å². The van der Waals surface area contributed by atoms with Crippen molar-refractivity contribution in [2.45, 2.75) is 32.2 Å². The van der Waals surface area contributed by atoms with Gasteiger partial charge in [0, 0.05) is 18.6 Å². The monoisotopic (exact) mass is 304 g/mol. The van der Waals surface area contributed by atoms with Crippen LogP contribution in [0.25, 0.3) is 0 Å². The van der Waals surface area contributed by atoms with Crippen LogP contribution in [0.4, 0.5) is 5.82 Å². The number of aromatic nitrogens is 3. The topological polar surface area (TPSA) is 51.1 Å². The van der Waals surface area contributed by atoms with Crippen LogP contribution >= 0.6 is 11.3 Å². The highest BCUT2D eigenvalue weighted by Crippen LogP contribution is 2.25. The predicted octanol–water partition coefficient (Wildman–Crippen LogP) is 3.14. The summed E-state index contributed by atoms with van der Waals surface area (Å²) in [5, 5.41) is 3.05. The van der Waals surface area contributed by atoms with Gasteiger partial charge in [0.15, 0.2) is 5.82 Å². The molecule has 1 aliphatic carbocycles. The van der Waals surface area contributed by atoms with Crippen molar-refractivity contribution in [1.82, 2.24) is 15.0 Å². The molecule has 6 heteroatoms. The molecule has 0 radical (unpaired) electrons. The van der Waals surface area contributed by atoms with Gasteiger partial charge >= 0.3 is 0 Å². The van der Waals surface area contributed by atoms with Crippen LogP contribution < -0.4 is 9.64 Å². The maximum atomic E-state index is 5.80. The van der Waals surface area contributed by atoms with Crippen LogP contribution in [0.15, 0.2) is 24.0 Å². The lowest BCUT2D eigenvalue weighted by atomic mass is 10.1. The first-order chi connectivity index (χ1) is 10.3. The van der Waals surface area contributed by atoms with Crippen molar-refractivity contribution in [3.05, 3.63) is 29.0 Å². The Bertz CT molecular complexity index is 555. The summed E-state index contributed by atoms with van der Waals surface area (Å²) in [6.45, 7) is 1.49. The molecule has 1 fully saturated rings. The minimum absolute atomic E-state index is 0.616. The second-order valence-corrected chi connectivity index (χ2v) is 6.44. The van der Waals surface area contributed by atoms with E-state index in [9.17, 15) is 0 Å². The van der Waals surface area contributed by atoms with Gasteiger partial charge in [0.05, 0.1) is 25.5 Å². The number of hydrogen-bond donors (Lipinski definition) is 0. The van der Waals surface area contributed by atoms with E-state index >= 15 is 0 Å². The van der Waals surface area contributed by atoms with E-state index < -0.39 is 0 Å². The SMILES string of the molecule is CN(Cc1nccs1)c1cncc(OCC2CCCC2)n1. The number of ether oxygens (including phenoxy) is 1. The summed E-state index contributed by atoms with van der Waals surface area (Å²) >= 11 is 1.64. The fourth-order valence-corrected chi connectivity index (χ4v) is 3.26. The Morgan fingerprint density at radius 3 is 2.95 bits per heavy atom. The normalized spacial score (nSPS) is 15.3. The molecule has 5 nitrogen and oxygen atoms in total. The quantitative estimate of drug-likeness (QED) is 0.820. The molecule has 0 N–H and O–H groups in total. The van der Waals surface area contributed by atoms with Crippen molar-refractivity contribution in [1.29, 1.82) is 0 Å². The average Bonchev–Trinajstić information content (AvgIpc) is 3.19. The average molecular weight is 304 g/mol. The molecule has 0 atom stereocenters. The molecule has 0 aromatic carbocycles. The van der Waals surface area contributed by atoms with Crippen LogP contribution in [0.1, 0.15) is 30.7 Å². The highest BCUT2D eigenvalue weighted by Gasteiger charge is 2.16. The molecule has 0 bridgehead atoms. The molecule has 0 saturated heterocycles. The van der Waals surface area contributed by atoms with Crippen LogP contribution in [0.2, 0.25) is 0 Å². The summed E-state index contributed by atoms with van der Waals surface area (Å²) in [6.07, 6.45) is 10.5. The van der Waals surface area contributed by atoms with Crippen LogP contribution in [0, 0.1) is 5.92 Å². The summed E-state index contributed by atoms with van der Waals surface area (Å²) < 4.78 is 5.80. The lowest BCUT2D eigenvalue weighted by Crippen LogP contribution is -2.18. The second-order valence-electron chi connectivity index (χ2n) is 5.46. The Hall–Kier alpha value is -1.69. The Morgan fingerprint density at radius 2 is 2.19 bits per heavy atom. The third kappa shape index (κ3) is 3.91. The molecule has 2 heterocycles. The summed E-state index contributed by atoms with van der Waals surface area (Å²) in [7, 11) is 1.99. The molecule has 3 rings (SSSR count). The molecule has 0 aliphatic heterocycles. The number of anilines is 1. The lowest BCUT2D eigenvalue weighted by molar-refractivity contribution is 0.242. The van der Waals surface area contributed by atoms with Gasteiger partial charge in [-0.3, -0.25) is 4.98 Å². The maximum Gasteiger partial charge on any atom is 0.234 e. The summed E-state index contributed by atoms with van der Waals surface area (Å²) in [5.41, 5.74) is 0. The van der Waals surface area contributed by atoms with Crippen molar-refractivity contribution < 1.29 is 4.74 Å². The van der Waals surface area contributed by atoms with E-state index in [1.54, 1.807) is 23.7 Å². The first-order valence-electron chi connectivity index (χ1n) is 7.35. The van der Waals surface area contributed by atoms with Gasteiger partial charge in [0.1, 0.15) is 5.01 Å². The summed E-state index contributed by atoms with van der Waals surface area (Å²) in [4.78, 5) is 15.1. The summed E-state index contributed by atoms with van der Waals surface area (Å²) in [5.74, 6) is 2.11. The van der Waals surface area contributed by atoms with Crippen molar-refractivity contribution in [3.63, 3.8) is 0 Å². The largest absolute Gasteiger partial charge is 0.476 e. The molecule has 0 amide bonds. The number of hydrogen-bond acceptors (Lipinski definition) is 6. The summed E-state index contributed by atoms with van der Waals surface area (Å²) in [6, 6.07) is 0. The molecule has 2 aromatic rings. The minimum Gasteiger partial charge on any atom is -0.476 e. The first kappa shape index (κ1) is 14.3. The number of thiazole rings is 1. The highest BCUT2D eigenvalue weighted by atomic mass is 32.1. The molecule has 1 aliphatic rings. The zero-order valence-electron chi connectivity index (χ0n) is 12.2. The van der Waals surface area contributed by atoms with E-state index in [0.717, 1.165) is 24.0 Å². The third-order valence-electron chi connectivity index (χ3n) is 3.79. The van der Waals surface area contributed by atoms with Gasteiger partial charge in [0.25, 0.3) is 0 Å². The van der Waals surface area contributed by atoms with Gasteiger partial charge in [-0.1, -0.05) is 12.8 Å². The Labute approximate surface area is 129 Å². The lowest BCUT2D eigenvalue weighted by Gasteiger charge is -2.17. The Balaban J connectivity index is 1.59. The van der Waals surface area contributed by atoms with E-state index in [-0.39, 0.29) is 0 Å². The van der Waals surface area contributed by atoms with E-state index in [1.807, 2.05) is 23.5 Å². The predicted molar refractivity (Wildman–Crippen MR) is 83.7 cm³/mol. The van der Waals surface area contributed by atoms with Crippen LogP contribution in [-0.2, 0) is 6.54 Å². The van der Waals surface area contributed by atoms with Gasteiger partial charge < -0.3 is 9.64 Å². The minimum atomic E-state index is 0.616. The maximum absolute atomic E-state index is 5.80. The molecule has 112 valence electrons. The van der Waals surface area contributed by atoms with Crippen molar-refractivity contribution in [2.24, 2.45) is 5.92 Å². The second kappa shape index (κ2) is 6.85. The molecule has 0 unspecified atom stereocenters. The fraction of sp³-hybridized carbons (Fsp3) is 0.533. The van der Waals surface area contributed by atoms with Gasteiger partial charge in [-0.25, -0.2) is 4.98 Å². The van der Waals surface area contributed by atoms with E-state index in [2.05, 4.69) is 15.0 Å². The molecule has 1 saturated carbocycles. The van der Waals surface area contributed by atoms with Crippen LogP contribution in [0.3, 0.4) is 0 Å². The van der Waals surface area contributed by atoms with Gasteiger partial charge in [-0.15, -0.1) is 11.3 Å². The zero-order valence-corrected chi connectivity index (χ0v) is 13.1. The molecular weight excluding hydrogens is 284 g/mol. The number of nitrogens with zero attached hydrogens (tertiary/aromatic N) is 4. The Kier molecular flexibility index (Phi) is 4.65. The molecule has 0 spiro atoms. The fourth-order valence-electron chi connectivity index (χ4n) is 2.59. The van der Waals surface area contributed by atoms with Gasteiger partial charge in [0.2, 0.25) is 5.88 Å². The van der Waals surface area contributed by atoms with Gasteiger partial charge in [-0.05, 0) is 18.8 Å². The van der Waals surface area contributed by atoms with E-state index in [1.165, 1.54) is 25.7 Å². The number of rotatable bonds is 6. The standard InChI is InChI=1S/C15H20N4OS/c1-19(10-15-17-6-7-21-15)13-8-16-9-14(18-13)20-11-12-4-2-3-5-12/h6-9,12H,2-5,10-11H2,1H3. The smallest absolute Gasteiger partial charge is 0.234 e.